The van der Waals surface area contributed by atoms with Crippen molar-refractivity contribution in [2.75, 3.05) is 13.7 Å². The van der Waals surface area contributed by atoms with Gasteiger partial charge in [0, 0.05) is 12.6 Å². The van der Waals surface area contributed by atoms with E-state index in [1.54, 1.807) is 7.11 Å². The third kappa shape index (κ3) is 5.07. The van der Waals surface area contributed by atoms with Crippen molar-refractivity contribution in [2.24, 2.45) is 0 Å². The van der Waals surface area contributed by atoms with Crippen LogP contribution in [-0.2, 0) is 4.74 Å². The highest BCUT2D eigenvalue weighted by atomic mass is 16.5. The zero-order chi connectivity index (χ0) is 13.5. The fraction of sp³-hybridized carbons (Fsp3) is 0.600. The van der Waals surface area contributed by atoms with Crippen molar-refractivity contribution < 1.29 is 9.47 Å². The smallest absolute Gasteiger partial charge is 0.119 e. The first-order valence-electron chi connectivity index (χ1n) is 6.55. The highest BCUT2D eigenvalue weighted by Crippen LogP contribution is 2.23. The van der Waals surface area contributed by atoms with Crippen LogP contribution in [0.25, 0.3) is 0 Å². The second kappa shape index (κ2) is 7.39. The van der Waals surface area contributed by atoms with E-state index in [1.165, 1.54) is 0 Å². The van der Waals surface area contributed by atoms with Crippen LogP contribution in [0.5, 0.6) is 5.75 Å². The standard InChI is InChI=1S/C15H25NO2/c1-11(2)16-10-15(18-12(3)4)13-7-6-8-14(9-13)17-5/h6-9,11-12,15-16H,10H2,1-5H3. The first-order valence-corrected chi connectivity index (χ1v) is 6.55. The molecule has 0 heterocycles. The summed E-state index contributed by atoms with van der Waals surface area (Å²) in [6.45, 7) is 9.20. The molecule has 0 aliphatic heterocycles. The van der Waals surface area contributed by atoms with Gasteiger partial charge in [0.2, 0.25) is 0 Å². The average Bonchev–Trinajstić information content (AvgIpc) is 2.34. The lowest BCUT2D eigenvalue weighted by atomic mass is 10.1. The number of nitrogens with one attached hydrogen (secondary N) is 1. The Kier molecular flexibility index (Phi) is 6.16. The molecule has 0 fully saturated rings. The molecule has 1 unspecified atom stereocenters. The molecule has 0 spiro atoms. The van der Waals surface area contributed by atoms with E-state index < -0.39 is 0 Å². The van der Waals surface area contributed by atoms with Crippen LogP contribution < -0.4 is 10.1 Å². The van der Waals surface area contributed by atoms with Gasteiger partial charge in [-0.1, -0.05) is 26.0 Å². The van der Waals surface area contributed by atoms with E-state index in [9.17, 15) is 0 Å². The molecule has 18 heavy (non-hydrogen) atoms. The van der Waals surface area contributed by atoms with Crippen LogP contribution in [0.1, 0.15) is 39.4 Å². The van der Waals surface area contributed by atoms with Crippen molar-refractivity contribution in [3.63, 3.8) is 0 Å². The zero-order valence-corrected chi connectivity index (χ0v) is 12.1. The molecule has 0 amide bonds. The Hall–Kier alpha value is -1.06. The molecule has 3 nitrogen and oxygen atoms in total. The number of hydrogen-bond donors (Lipinski definition) is 1. The highest BCUT2D eigenvalue weighted by molar-refractivity contribution is 5.30. The molecule has 0 bridgehead atoms. The number of methoxy groups -OCH3 is 1. The molecular weight excluding hydrogens is 226 g/mol. The molecular formula is C15H25NO2. The van der Waals surface area contributed by atoms with E-state index >= 15 is 0 Å². The Bertz CT molecular complexity index is 350. The average molecular weight is 251 g/mol. The second-order valence-corrected chi connectivity index (χ2v) is 5.01. The van der Waals surface area contributed by atoms with Crippen LogP contribution in [0.15, 0.2) is 24.3 Å². The molecule has 0 saturated carbocycles. The van der Waals surface area contributed by atoms with E-state index in [4.69, 9.17) is 9.47 Å². The van der Waals surface area contributed by atoms with E-state index in [1.807, 2.05) is 18.2 Å². The lowest BCUT2D eigenvalue weighted by Crippen LogP contribution is -2.30. The van der Waals surface area contributed by atoms with Crippen molar-refractivity contribution in [2.45, 2.75) is 45.9 Å². The van der Waals surface area contributed by atoms with Crippen LogP contribution in [0, 0.1) is 0 Å². The number of rotatable bonds is 7. The Morgan fingerprint density at radius 3 is 2.44 bits per heavy atom. The first kappa shape index (κ1) is 15.0. The van der Waals surface area contributed by atoms with Gasteiger partial charge in [-0.05, 0) is 31.5 Å². The van der Waals surface area contributed by atoms with Gasteiger partial charge in [-0.25, -0.2) is 0 Å². The molecule has 0 radical (unpaired) electrons. The van der Waals surface area contributed by atoms with Crippen LogP contribution in [-0.4, -0.2) is 25.8 Å². The highest BCUT2D eigenvalue weighted by Gasteiger charge is 2.14. The molecule has 1 atom stereocenters. The maximum atomic E-state index is 5.97. The van der Waals surface area contributed by atoms with Gasteiger partial charge in [0.15, 0.2) is 0 Å². The quantitative estimate of drug-likeness (QED) is 0.807. The van der Waals surface area contributed by atoms with Crippen molar-refractivity contribution in [3.8, 4) is 5.75 Å². The van der Waals surface area contributed by atoms with Crippen LogP contribution in [0.3, 0.4) is 0 Å². The predicted molar refractivity (Wildman–Crippen MR) is 75.1 cm³/mol. The molecule has 0 aliphatic rings. The summed E-state index contributed by atoms with van der Waals surface area (Å²) in [6.07, 6.45) is 0.262. The predicted octanol–water partition coefficient (Wildman–Crippen LogP) is 3.16. The summed E-state index contributed by atoms with van der Waals surface area (Å²) in [6, 6.07) is 8.52. The van der Waals surface area contributed by atoms with E-state index in [0.717, 1.165) is 17.9 Å². The molecule has 1 N–H and O–H groups in total. The monoisotopic (exact) mass is 251 g/mol. The number of hydrogen-bond acceptors (Lipinski definition) is 3. The van der Waals surface area contributed by atoms with Crippen LogP contribution in [0.4, 0.5) is 0 Å². The van der Waals surface area contributed by atoms with Gasteiger partial charge >= 0.3 is 0 Å². The van der Waals surface area contributed by atoms with E-state index in [-0.39, 0.29) is 12.2 Å². The summed E-state index contributed by atoms with van der Waals surface area (Å²) in [5.74, 6) is 0.870. The second-order valence-electron chi connectivity index (χ2n) is 5.01. The van der Waals surface area contributed by atoms with Crippen molar-refractivity contribution in [3.05, 3.63) is 29.8 Å². The van der Waals surface area contributed by atoms with Gasteiger partial charge in [0.1, 0.15) is 5.75 Å². The summed E-state index contributed by atoms with van der Waals surface area (Å²) < 4.78 is 11.2. The minimum absolute atomic E-state index is 0.0579. The summed E-state index contributed by atoms with van der Waals surface area (Å²) in [4.78, 5) is 0. The normalized spacial score (nSPS) is 13.1. The third-order valence-electron chi connectivity index (χ3n) is 2.61. The topological polar surface area (TPSA) is 30.5 Å². The maximum absolute atomic E-state index is 5.97. The Morgan fingerprint density at radius 2 is 1.89 bits per heavy atom. The summed E-state index contributed by atoms with van der Waals surface area (Å²) in [5.41, 5.74) is 1.15. The minimum Gasteiger partial charge on any atom is -0.497 e. The van der Waals surface area contributed by atoms with Gasteiger partial charge in [-0.2, -0.15) is 0 Å². The molecule has 102 valence electrons. The molecule has 0 aromatic heterocycles. The Morgan fingerprint density at radius 1 is 1.17 bits per heavy atom. The molecule has 3 heteroatoms. The van der Waals surface area contributed by atoms with Crippen molar-refractivity contribution in [1.29, 1.82) is 0 Å². The third-order valence-corrected chi connectivity index (χ3v) is 2.61. The maximum Gasteiger partial charge on any atom is 0.119 e. The summed E-state index contributed by atoms with van der Waals surface area (Å²) in [5, 5.41) is 3.42. The van der Waals surface area contributed by atoms with Gasteiger partial charge in [0.25, 0.3) is 0 Å². The first-order chi connectivity index (χ1) is 8.52. The van der Waals surface area contributed by atoms with Crippen LogP contribution in [0.2, 0.25) is 0 Å². The minimum atomic E-state index is 0.0579. The van der Waals surface area contributed by atoms with E-state index in [0.29, 0.717) is 6.04 Å². The zero-order valence-electron chi connectivity index (χ0n) is 12.1. The van der Waals surface area contributed by atoms with Crippen molar-refractivity contribution in [1.82, 2.24) is 5.32 Å². The fourth-order valence-corrected chi connectivity index (χ4v) is 1.76. The molecule has 0 saturated heterocycles. The molecule has 0 aliphatic carbocycles. The van der Waals surface area contributed by atoms with Gasteiger partial charge in [-0.3, -0.25) is 0 Å². The largest absolute Gasteiger partial charge is 0.497 e. The molecule has 1 aromatic rings. The van der Waals surface area contributed by atoms with E-state index in [2.05, 4.69) is 39.1 Å². The number of ether oxygens (including phenoxy) is 2. The summed E-state index contributed by atoms with van der Waals surface area (Å²) in [7, 11) is 1.68. The lowest BCUT2D eigenvalue weighted by molar-refractivity contribution is 0.00608. The van der Waals surface area contributed by atoms with Crippen LogP contribution >= 0.6 is 0 Å². The Balaban J connectivity index is 2.79. The van der Waals surface area contributed by atoms with Crippen molar-refractivity contribution >= 4 is 0 Å². The molecule has 1 aromatic carbocycles. The lowest BCUT2D eigenvalue weighted by Gasteiger charge is -2.23. The Labute approximate surface area is 110 Å². The SMILES string of the molecule is COc1cccc(C(CNC(C)C)OC(C)C)c1. The summed E-state index contributed by atoms with van der Waals surface area (Å²) >= 11 is 0. The van der Waals surface area contributed by atoms with Gasteiger partial charge in [0.05, 0.1) is 19.3 Å². The number of benzene rings is 1. The fourth-order valence-electron chi connectivity index (χ4n) is 1.76. The molecule has 1 rings (SSSR count). The van der Waals surface area contributed by atoms with Gasteiger partial charge < -0.3 is 14.8 Å². The van der Waals surface area contributed by atoms with Gasteiger partial charge in [-0.15, -0.1) is 0 Å².